The van der Waals surface area contributed by atoms with E-state index in [0.29, 0.717) is 0 Å². The van der Waals surface area contributed by atoms with Crippen molar-refractivity contribution in [2.45, 2.75) is 12.3 Å². The summed E-state index contributed by atoms with van der Waals surface area (Å²) >= 11 is 12.7. The predicted molar refractivity (Wildman–Crippen MR) is 56.5 cm³/mol. The molecule has 0 amide bonds. The van der Waals surface area contributed by atoms with Crippen LogP contribution >= 0.6 is 43.5 Å². The fraction of sp³-hybridized carbons (Fsp3) is 0.250. The summed E-state index contributed by atoms with van der Waals surface area (Å²) in [6.45, 7) is 2.05. The molecule has 0 aliphatic carbocycles. The molecule has 0 saturated heterocycles. The van der Waals surface area contributed by atoms with E-state index in [9.17, 15) is 0 Å². The molecule has 0 saturated carbocycles. The molecule has 0 bridgehead atoms. The van der Waals surface area contributed by atoms with Gasteiger partial charge in [0.25, 0.3) is 0 Å². The highest BCUT2D eigenvalue weighted by Crippen LogP contribution is 2.26. The molecule has 11 heavy (non-hydrogen) atoms. The molecule has 60 valence electrons. The third-order valence-electron chi connectivity index (χ3n) is 1.52. The highest BCUT2D eigenvalue weighted by atomic mass is 79.9. The molecule has 1 aromatic carbocycles. The molecule has 0 radical (unpaired) electrons. The van der Waals surface area contributed by atoms with E-state index in [1.54, 1.807) is 0 Å². The molecule has 0 aliphatic heterocycles. The Morgan fingerprint density at radius 1 is 1.45 bits per heavy atom. The highest BCUT2D eigenvalue weighted by Gasteiger charge is 2.02. The van der Waals surface area contributed by atoms with Crippen molar-refractivity contribution in [3.63, 3.8) is 0 Å². The summed E-state index contributed by atoms with van der Waals surface area (Å²) < 4.78 is 1.07. The minimum Gasteiger partial charge on any atom is -0.0876 e. The lowest BCUT2D eigenvalue weighted by Crippen LogP contribution is -1.85. The Morgan fingerprint density at radius 3 is 2.55 bits per heavy atom. The van der Waals surface area contributed by atoms with Gasteiger partial charge in [0.05, 0.1) is 0 Å². The van der Waals surface area contributed by atoms with E-state index < -0.39 is 0 Å². The first-order valence-corrected chi connectivity index (χ1v) is 5.45. The molecule has 1 aromatic rings. The summed E-state index contributed by atoms with van der Waals surface area (Å²) in [6, 6.07) is 3.87. The largest absolute Gasteiger partial charge is 0.0876 e. The molecule has 0 nitrogen and oxygen atoms in total. The summed E-state index contributed by atoms with van der Waals surface area (Å²) in [5, 5.41) is 1.63. The Labute approximate surface area is 88.2 Å². The molecule has 3 heteroatoms. The lowest BCUT2D eigenvalue weighted by molar-refractivity contribution is 1.30. The van der Waals surface area contributed by atoms with Gasteiger partial charge < -0.3 is 0 Å². The van der Waals surface area contributed by atoms with Crippen LogP contribution in [-0.4, -0.2) is 0 Å². The first-order valence-electron chi connectivity index (χ1n) is 3.15. The predicted octanol–water partition coefficient (Wildman–Crippen LogP) is 4.31. The summed E-state index contributed by atoms with van der Waals surface area (Å²) in [6.07, 6.45) is 0. The van der Waals surface area contributed by atoms with Crippen LogP contribution in [0.2, 0.25) is 5.02 Å². The van der Waals surface area contributed by atoms with E-state index in [0.717, 1.165) is 14.8 Å². The van der Waals surface area contributed by atoms with Crippen LogP contribution in [0, 0.1) is 6.92 Å². The average Bonchev–Trinajstić information content (AvgIpc) is 1.85. The number of alkyl halides is 1. The van der Waals surface area contributed by atoms with Crippen LogP contribution in [0.15, 0.2) is 16.6 Å². The summed E-state index contributed by atoms with van der Waals surface area (Å²) in [5.74, 6) is 0. The van der Waals surface area contributed by atoms with Crippen LogP contribution < -0.4 is 0 Å². The molecular weight excluding hydrogens is 291 g/mol. The lowest BCUT2D eigenvalue weighted by atomic mass is 10.1. The van der Waals surface area contributed by atoms with Crippen molar-refractivity contribution in [3.05, 3.63) is 32.8 Å². The van der Waals surface area contributed by atoms with Gasteiger partial charge >= 0.3 is 0 Å². The second-order valence-electron chi connectivity index (χ2n) is 2.32. The molecule has 0 atom stereocenters. The number of hydrogen-bond donors (Lipinski definition) is 0. The third kappa shape index (κ3) is 2.20. The molecule has 1 rings (SSSR count). The second-order valence-corrected chi connectivity index (χ2v) is 4.17. The monoisotopic (exact) mass is 296 g/mol. The van der Waals surface area contributed by atoms with Crippen molar-refractivity contribution in [2.75, 3.05) is 0 Å². The molecule has 0 aromatic heterocycles. The first-order chi connectivity index (χ1) is 5.15. The molecule has 0 heterocycles. The van der Waals surface area contributed by atoms with Gasteiger partial charge in [-0.3, -0.25) is 0 Å². The molecule has 0 spiro atoms. The second kappa shape index (κ2) is 3.92. The zero-order valence-electron chi connectivity index (χ0n) is 6.00. The number of benzene rings is 1. The standard InChI is InChI=1S/C8H7Br2Cl/c1-5-2-6(11)3-8(10)7(5)4-9/h2-3H,4H2,1H3. The van der Waals surface area contributed by atoms with Crippen molar-refractivity contribution in [1.82, 2.24) is 0 Å². The SMILES string of the molecule is Cc1cc(Cl)cc(Br)c1CBr. The Hall–Kier alpha value is 0.470. The molecule has 0 fully saturated rings. The van der Waals surface area contributed by atoms with E-state index in [4.69, 9.17) is 11.6 Å². The number of rotatable bonds is 1. The van der Waals surface area contributed by atoms with Crippen molar-refractivity contribution < 1.29 is 0 Å². The van der Waals surface area contributed by atoms with Gasteiger partial charge in [-0.15, -0.1) is 0 Å². The van der Waals surface area contributed by atoms with Gasteiger partial charge in [-0.05, 0) is 30.2 Å². The van der Waals surface area contributed by atoms with Crippen LogP contribution in [-0.2, 0) is 5.33 Å². The number of aryl methyl sites for hydroxylation is 1. The number of hydrogen-bond acceptors (Lipinski definition) is 0. The van der Waals surface area contributed by atoms with Gasteiger partial charge in [0, 0.05) is 14.8 Å². The summed E-state index contributed by atoms with van der Waals surface area (Å²) in [7, 11) is 0. The van der Waals surface area contributed by atoms with Crippen molar-refractivity contribution in [2.24, 2.45) is 0 Å². The fourth-order valence-electron chi connectivity index (χ4n) is 0.901. The van der Waals surface area contributed by atoms with Gasteiger partial charge in [0.2, 0.25) is 0 Å². The van der Waals surface area contributed by atoms with E-state index in [1.165, 1.54) is 11.1 Å². The van der Waals surface area contributed by atoms with Crippen LogP contribution in [0.1, 0.15) is 11.1 Å². The number of halogens is 3. The fourth-order valence-corrected chi connectivity index (χ4v) is 3.13. The zero-order chi connectivity index (χ0) is 8.43. The van der Waals surface area contributed by atoms with Crippen LogP contribution in [0.4, 0.5) is 0 Å². The zero-order valence-corrected chi connectivity index (χ0v) is 9.92. The van der Waals surface area contributed by atoms with Gasteiger partial charge in [0.1, 0.15) is 0 Å². The summed E-state index contributed by atoms with van der Waals surface area (Å²) in [5.41, 5.74) is 2.47. The Morgan fingerprint density at radius 2 is 2.09 bits per heavy atom. The third-order valence-corrected chi connectivity index (χ3v) is 3.00. The normalized spacial score (nSPS) is 10.2. The quantitative estimate of drug-likeness (QED) is 0.678. The molecule has 0 aliphatic rings. The van der Waals surface area contributed by atoms with Crippen LogP contribution in [0.5, 0.6) is 0 Å². The Kier molecular flexibility index (Phi) is 3.41. The minimum absolute atomic E-state index is 0.777. The average molecular weight is 298 g/mol. The first kappa shape index (κ1) is 9.56. The van der Waals surface area contributed by atoms with Crippen molar-refractivity contribution in [1.29, 1.82) is 0 Å². The molecular formula is C8H7Br2Cl. The van der Waals surface area contributed by atoms with Gasteiger partial charge in [-0.25, -0.2) is 0 Å². The maximum atomic E-state index is 5.83. The van der Waals surface area contributed by atoms with Crippen molar-refractivity contribution >= 4 is 43.5 Å². The van der Waals surface area contributed by atoms with Gasteiger partial charge in [0.15, 0.2) is 0 Å². The maximum Gasteiger partial charge on any atom is 0.0420 e. The van der Waals surface area contributed by atoms with Crippen molar-refractivity contribution in [3.8, 4) is 0 Å². The topological polar surface area (TPSA) is 0 Å². The summed E-state index contributed by atoms with van der Waals surface area (Å²) in [4.78, 5) is 0. The van der Waals surface area contributed by atoms with Crippen LogP contribution in [0.25, 0.3) is 0 Å². The Bertz CT molecular complexity index is 248. The van der Waals surface area contributed by atoms with Gasteiger partial charge in [-0.1, -0.05) is 43.5 Å². The van der Waals surface area contributed by atoms with Crippen LogP contribution in [0.3, 0.4) is 0 Å². The maximum absolute atomic E-state index is 5.83. The highest BCUT2D eigenvalue weighted by molar-refractivity contribution is 9.10. The smallest absolute Gasteiger partial charge is 0.0420 e. The van der Waals surface area contributed by atoms with Gasteiger partial charge in [-0.2, -0.15) is 0 Å². The lowest BCUT2D eigenvalue weighted by Gasteiger charge is -2.04. The minimum atomic E-state index is 0.777. The van der Waals surface area contributed by atoms with E-state index in [2.05, 4.69) is 31.9 Å². The molecule has 0 N–H and O–H groups in total. The van der Waals surface area contributed by atoms with E-state index in [1.807, 2.05) is 19.1 Å². The van der Waals surface area contributed by atoms with E-state index >= 15 is 0 Å². The van der Waals surface area contributed by atoms with E-state index in [-0.39, 0.29) is 0 Å². The Balaban J connectivity index is 3.25. The molecule has 0 unspecified atom stereocenters.